The molecule has 62 heavy (non-hydrogen) atoms. The Balaban J connectivity index is 1.11. The summed E-state index contributed by atoms with van der Waals surface area (Å²) in [5.41, 5.74) is 21.7. The molecule has 3 aliphatic heterocycles. The van der Waals surface area contributed by atoms with Crippen LogP contribution in [-0.4, -0.2) is 8.07 Å². The zero-order valence-electron chi connectivity index (χ0n) is 35.5. The van der Waals surface area contributed by atoms with Crippen molar-refractivity contribution in [3.8, 4) is 33.4 Å². The molecule has 13 rings (SSSR count). The van der Waals surface area contributed by atoms with Gasteiger partial charge in [0.15, 0.2) is 8.07 Å². The minimum absolute atomic E-state index is 0.202. The standard InChI is InChI=1S/C60H45NSi/c1-38-26-30-44-45-31-27-39(2)35-57(45)62(56(44)34-38)55-25-15-8-18-43(55)46-32-29-42(37-58(46)62)61-53-23-13-11-21-50(53)60(51-22-12-14-24-54(51)61)49-20-10-9-19-47(49)59(3,4)48-33-28-41(36-52(48)60)40-16-6-5-7-17-40/h5-37H,1-4H3. The fourth-order valence-corrected chi connectivity index (χ4v) is 18.3. The van der Waals surface area contributed by atoms with Gasteiger partial charge < -0.3 is 4.90 Å². The topological polar surface area (TPSA) is 3.24 Å². The minimum atomic E-state index is -2.71. The molecule has 0 fully saturated rings. The number of benzene rings is 9. The van der Waals surface area contributed by atoms with Crippen molar-refractivity contribution >= 4 is 45.9 Å². The Morgan fingerprint density at radius 2 is 0.855 bits per heavy atom. The van der Waals surface area contributed by atoms with E-state index in [0.29, 0.717) is 0 Å². The fraction of sp³-hybridized carbons (Fsp3) is 0.100. The fourth-order valence-electron chi connectivity index (χ4n) is 12.5. The van der Waals surface area contributed by atoms with Crippen LogP contribution in [0.1, 0.15) is 58.4 Å². The van der Waals surface area contributed by atoms with Crippen LogP contribution in [0.2, 0.25) is 0 Å². The van der Waals surface area contributed by atoms with E-state index in [1.165, 1.54) is 116 Å². The van der Waals surface area contributed by atoms with Gasteiger partial charge in [0.25, 0.3) is 0 Å². The molecular weight excluding hydrogens is 763 g/mol. The van der Waals surface area contributed by atoms with Crippen molar-refractivity contribution in [2.24, 2.45) is 0 Å². The van der Waals surface area contributed by atoms with E-state index in [1.54, 1.807) is 0 Å². The van der Waals surface area contributed by atoms with Crippen LogP contribution in [0.15, 0.2) is 200 Å². The molecule has 0 radical (unpaired) electrons. The quantitative estimate of drug-likeness (QED) is 0.157. The van der Waals surface area contributed by atoms with Gasteiger partial charge in [-0.05, 0) is 132 Å². The zero-order valence-corrected chi connectivity index (χ0v) is 36.5. The van der Waals surface area contributed by atoms with E-state index in [0.717, 1.165) is 0 Å². The van der Waals surface area contributed by atoms with Crippen LogP contribution in [0.4, 0.5) is 17.1 Å². The van der Waals surface area contributed by atoms with Crippen molar-refractivity contribution < 1.29 is 0 Å². The largest absolute Gasteiger partial charge is 0.310 e. The molecule has 0 bridgehead atoms. The van der Waals surface area contributed by atoms with Gasteiger partial charge in [0.1, 0.15) is 0 Å². The van der Waals surface area contributed by atoms with Crippen molar-refractivity contribution in [3.05, 3.63) is 245 Å². The van der Waals surface area contributed by atoms with Crippen LogP contribution in [0.5, 0.6) is 0 Å². The molecule has 9 aromatic rings. The smallest absolute Gasteiger partial charge is 0.182 e. The molecule has 294 valence electrons. The number of nitrogens with zero attached hydrogens (tertiary/aromatic N) is 1. The van der Waals surface area contributed by atoms with Crippen LogP contribution in [0.25, 0.3) is 33.4 Å². The highest BCUT2D eigenvalue weighted by Gasteiger charge is 2.56. The molecule has 0 aromatic heterocycles. The summed E-state index contributed by atoms with van der Waals surface area (Å²) in [5, 5.41) is 6.04. The van der Waals surface area contributed by atoms with Crippen molar-refractivity contribution in [1.82, 2.24) is 0 Å². The summed E-state index contributed by atoms with van der Waals surface area (Å²) in [7, 11) is -2.71. The van der Waals surface area contributed by atoms with Crippen LogP contribution in [0, 0.1) is 13.8 Å². The predicted octanol–water partition coefficient (Wildman–Crippen LogP) is 12.1. The molecule has 0 saturated carbocycles. The monoisotopic (exact) mass is 807 g/mol. The molecule has 0 N–H and O–H groups in total. The molecule has 0 saturated heterocycles. The van der Waals surface area contributed by atoms with Crippen LogP contribution in [-0.2, 0) is 10.8 Å². The highest BCUT2D eigenvalue weighted by Crippen LogP contribution is 2.63. The van der Waals surface area contributed by atoms with E-state index in [-0.39, 0.29) is 5.41 Å². The van der Waals surface area contributed by atoms with Crippen LogP contribution in [0.3, 0.4) is 0 Å². The predicted molar refractivity (Wildman–Crippen MR) is 262 cm³/mol. The van der Waals surface area contributed by atoms with Gasteiger partial charge in [-0.25, -0.2) is 0 Å². The van der Waals surface area contributed by atoms with Gasteiger partial charge in [0, 0.05) is 11.1 Å². The number of hydrogen-bond donors (Lipinski definition) is 0. The van der Waals surface area contributed by atoms with Gasteiger partial charge in [-0.15, -0.1) is 0 Å². The van der Waals surface area contributed by atoms with Gasteiger partial charge in [-0.1, -0.05) is 195 Å². The number of anilines is 3. The normalized spacial score (nSPS) is 15.8. The molecule has 2 spiro atoms. The maximum Gasteiger partial charge on any atom is 0.182 e. The molecule has 0 amide bonds. The SMILES string of the molecule is Cc1ccc2c(c1)[Si]1(c3ccccc3-c3ccc(N4c5ccccc5C5(c6ccccc64)c4ccccc4C(C)(C)c4ccc(-c6ccccc6)cc45)cc31)c1cc(C)ccc1-2. The summed E-state index contributed by atoms with van der Waals surface area (Å²) in [6, 6.07) is 77.3. The number of rotatable bonds is 2. The van der Waals surface area contributed by atoms with Crippen LogP contribution >= 0.6 is 0 Å². The Morgan fingerprint density at radius 3 is 1.52 bits per heavy atom. The Labute approximate surface area is 365 Å². The summed E-state index contributed by atoms with van der Waals surface area (Å²) in [4.78, 5) is 2.59. The number of fused-ring (bicyclic) bond motifs is 18. The van der Waals surface area contributed by atoms with E-state index in [9.17, 15) is 0 Å². The lowest BCUT2D eigenvalue weighted by molar-refractivity contribution is 0.556. The van der Waals surface area contributed by atoms with E-state index in [4.69, 9.17) is 0 Å². The van der Waals surface area contributed by atoms with E-state index >= 15 is 0 Å². The Hall–Kier alpha value is -7.00. The lowest BCUT2D eigenvalue weighted by atomic mass is 9.53. The van der Waals surface area contributed by atoms with Gasteiger partial charge in [0.05, 0.1) is 16.8 Å². The number of para-hydroxylation sites is 2. The first kappa shape index (κ1) is 35.7. The highest BCUT2D eigenvalue weighted by atomic mass is 28.3. The molecule has 2 heteroatoms. The second-order valence-electron chi connectivity index (χ2n) is 18.5. The second kappa shape index (κ2) is 12.5. The molecule has 3 heterocycles. The average molecular weight is 808 g/mol. The molecule has 0 unspecified atom stereocenters. The maximum atomic E-state index is 2.61. The third kappa shape index (κ3) is 4.37. The second-order valence-corrected chi connectivity index (χ2v) is 22.2. The zero-order chi connectivity index (χ0) is 41.5. The summed E-state index contributed by atoms with van der Waals surface area (Å²) < 4.78 is 0. The third-order valence-corrected chi connectivity index (χ3v) is 20.0. The molecule has 9 aromatic carbocycles. The molecular formula is C60H45NSi. The molecule has 0 atom stereocenters. The minimum Gasteiger partial charge on any atom is -0.310 e. The summed E-state index contributed by atoms with van der Waals surface area (Å²) in [6.45, 7) is 9.35. The van der Waals surface area contributed by atoms with Gasteiger partial charge >= 0.3 is 0 Å². The summed E-state index contributed by atoms with van der Waals surface area (Å²) >= 11 is 0. The first-order valence-electron chi connectivity index (χ1n) is 22.1. The number of aryl methyl sites for hydroxylation is 2. The first-order chi connectivity index (χ1) is 30.3. The molecule has 4 aliphatic rings. The van der Waals surface area contributed by atoms with Gasteiger partial charge in [0.2, 0.25) is 0 Å². The van der Waals surface area contributed by atoms with E-state index in [1.807, 2.05) is 0 Å². The van der Waals surface area contributed by atoms with Crippen LogP contribution < -0.4 is 25.6 Å². The van der Waals surface area contributed by atoms with Crippen molar-refractivity contribution in [1.29, 1.82) is 0 Å². The Bertz CT molecular complexity index is 3270. The van der Waals surface area contributed by atoms with E-state index in [2.05, 4.69) is 233 Å². The summed E-state index contributed by atoms with van der Waals surface area (Å²) in [6.07, 6.45) is 0. The first-order valence-corrected chi connectivity index (χ1v) is 24.1. The van der Waals surface area contributed by atoms with Crippen molar-refractivity contribution in [3.63, 3.8) is 0 Å². The Morgan fingerprint density at radius 1 is 0.355 bits per heavy atom. The molecule has 1 nitrogen and oxygen atoms in total. The maximum absolute atomic E-state index is 2.71. The molecule has 1 aliphatic carbocycles. The lowest BCUT2D eigenvalue weighted by Gasteiger charge is -2.52. The van der Waals surface area contributed by atoms with Crippen molar-refractivity contribution in [2.45, 2.75) is 38.5 Å². The van der Waals surface area contributed by atoms with Crippen molar-refractivity contribution in [2.75, 3.05) is 4.90 Å². The van der Waals surface area contributed by atoms with Gasteiger partial charge in [-0.2, -0.15) is 0 Å². The Kier molecular flexibility index (Phi) is 7.22. The van der Waals surface area contributed by atoms with E-state index < -0.39 is 13.5 Å². The van der Waals surface area contributed by atoms with Gasteiger partial charge in [-0.3, -0.25) is 0 Å². The summed E-state index contributed by atoms with van der Waals surface area (Å²) in [5.74, 6) is 0. The third-order valence-electron chi connectivity index (χ3n) is 15.0. The average Bonchev–Trinajstić information content (AvgIpc) is 3.76. The highest BCUT2D eigenvalue weighted by molar-refractivity contribution is 7.24. The lowest BCUT2D eigenvalue weighted by Crippen LogP contribution is -2.70. The number of hydrogen-bond acceptors (Lipinski definition) is 1.